The molecular formula is C10H10Br2O6. The highest BCUT2D eigenvalue weighted by Gasteiger charge is 2.54. The number of aliphatic hydroxyl groups is 1. The van der Waals surface area contributed by atoms with Crippen LogP contribution in [0, 0.1) is 5.92 Å². The highest BCUT2D eigenvalue weighted by atomic mass is 79.9. The average Bonchev–Trinajstić information content (AvgIpc) is 2.38. The van der Waals surface area contributed by atoms with E-state index in [1.165, 1.54) is 7.11 Å². The van der Waals surface area contributed by atoms with Crippen molar-refractivity contribution in [2.24, 2.45) is 5.92 Å². The van der Waals surface area contributed by atoms with Crippen molar-refractivity contribution in [3.63, 3.8) is 0 Å². The van der Waals surface area contributed by atoms with Crippen molar-refractivity contribution in [1.29, 1.82) is 0 Å². The lowest BCUT2D eigenvalue weighted by molar-refractivity contribution is -0.149. The van der Waals surface area contributed by atoms with Gasteiger partial charge in [0, 0.05) is 0 Å². The van der Waals surface area contributed by atoms with Crippen molar-refractivity contribution in [2.75, 3.05) is 14.2 Å². The minimum Gasteiger partial charge on any atom is -0.504 e. The minimum absolute atomic E-state index is 0.00155. The highest BCUT2D eigenvalue weighted by molar-refractivity contribution is 9.12. The highest BCUT2D eigenvalue weighted by Crippen LogP contribution is 2.42. The molecule has 18 heavy (non-hydrogen) atoms. The third-order valence-electron chi connectivity index (χ3n) is 2.59. The number of carbonyl (C=O) groups excluding carboxylic acids is 3. The number of ketones is 1. The van der Waals surface area contributed by atoms with Gasteiger partial charge in [-0.1, -0.05) is 31.9 Å². The van der Waals surface area contributed by atoms with Crippen molar-refractivity contribution in [3.05, 3.63) is 10.2 Å². The quantitative estimate of drug-likeness (QED) is 0.436. The number of rotatable bonds is 2. The number of Topliss-reactive ketones (excluding diaryl/α,β-unsaturated/α-hetero) is 1. The van der Waals surface area contributed by atoms with Crippen LogP contribution in [-0.2, 0) is 23.9 Å². The number of aliphatic hydroxyl groups excluding tert-OH is 1. The maximum absolute atomic E-state index is 11.9. The van der Waals surface area contributed by atoms with Crippen LogP contribution in [0.5, 0.6) is 0 Å². The van der Waals surface area contributed by atoms with Gasteiger partial charge in [-0.15, -0.1) is 0 Å². The van der Waals surface area contributed by atoms with Gasteiger partial charge in [0.15, 0.2) is 10.1 Å². The normalized spacial score (nSPS) is 28.0. The van der Waals surface area contributed by atoms with Gasteiger partial charge in [0.2, 0.25) is 5.78 Å². The molecular weight excluding hydrogens is 376 g/mol. The minimum atomic E-state index is -1.78. The van der Waals surface area contributed by atoms with Crippen LogP contribution in [0.3, 0.4) is 0 Å². The topological polar surface area (TPSA) is 89.9 Å². The number of alkyl halides is 1. The summed E-state index contributed by atoms with van der Waals surface area (Å²) in [4.78, 5) is 35.0. The molecule has 1 aliphatic carbocycles. The van der Waals surface area contributed by atoms with Gasteiger partial charge in [0.05, 0.1) is 24.6 Å². The molecule has 100 valence electrons. The number of ether oxygens (including phenoxy) is 2. The van der Waals surface area contributed by atoms with Gasteiger partial charge in [0.1, 0.15) is 0 Å². The van der Waals surface area contributed by atoms with Gasteiger partial charge in [-0.25, -0.2) is 0 Å². The number of esters is 2. The van der Waals surface area contributed by atoms with E-state index in [2.05, 4.69) is 41.3 Å². The van der Waals surface area contributed by atoms with Crippen LogP contribution in [0.4, 0.5) is 0 Å². The molecule has 1 aliphatic rings. The Hall–Kier alpha value is -0.890. The maximum Gasteiger partial charge on any atom is 0.330 e. The summed E-state index contributed by atoms with van der Waals surface area (Å²) in [6.07, 6.45) is -0.199. The third kappa shape index (κ3) is 2.31. The second-order valence-corrected chi connectivity index (χ2v) is 5.81. The van der Waals surface area contributed by atoms with Crippen molar-refractivity contribution in [1.82, 2.24) is 0 Å². The van der Waals surface area contributed by atoms with Crippen LogP contribution < -0.4 is 0 Å². The van der Waals surface area contributed by atoms with E-state index in [0.29, 0.717) is 0 Å². The van der Waals surface area contributed by atoms with Gasteiger partial charge >= 0.3 is 11.9 Å². The summed E-state index contributed by atoms with van der Waals surface area (Å²) < 4.78 is 7.28. The Balaban J connectivity index is 3.27. The fraction of sp³-hybridized carbons (Fsp3) is 0.500. The second kappa shape index (κ2) is 5.40. The number of carbonyl (C=O) groups is 3. The Bertz CT molecular complexity index is 444. The Morgan fingerprint density at radius 2 is 1.94 bits per heavy atom. The van der Waals surface area contributed by atoms with Crippen molar-refractivity contribution < 1.29 is 29.0 Å². The van der Waals surface area contributed by atoms with E-state index < -0.39 is 33.7 Å². The molecule has 1 rings (SSSR count). The Labute approximate surface area is 120 Å². The van der Waals surface area contributed by atoms with Gasteiger partial charge in [-0.3, -0.25) is 14.4 Å². The van der Waals surface area contributed by atoms with E-state index in [0.717, 1.165) is 7.11 Å². The number of hydrogen-bond donors (Lipinski definition) is 1. The SMILES string of the molecule is COC(=O)[C@H]1C[C@](Br)(C(=O)OC)C(=O)C(O)=C1Br. The van der Waals surface area contributed by atoms with E-state index in [9.17, 15) is 19.5 Å². The first-order valence-corrected chi connectivity index (χ1v) is 6.36. The monoisotopic (exact) mass is 384 g/mol. The summed E-state index contributed by atoms with van der Waals surface area (Å²) in [5, 5.41) is 9.68. The molecule has 0 radical (unpaired) electrons. The summed E-state index contributed by atoms with van der Waals surface area (Å²) in [5.41, 5.74) is 0. The van der Waals surface area contributed by atoms with Gasteiger partial charge in [0.25, 0.3) is 0 Å². The van der Waals surface area contributed by atoms with Crippen molar-refractivity contribution >= 4 is 49.6 Å². The largest absolute Gasteiger partial charge is 0.504 e. The fourth-order valence-electron chi connectivity index (χ4n) is 1.59. The first kappa shape index (κ1) is 15.2. The van der Waals surface area contributed by atoms with Crippen molar-refractivity contribution in [2.45, 2.75) is 10.7 Å². The average molecular weight is 386 g/mol. The molecule has 0 aromatic heterocycles. The molecule has 0 fully saturated rings. The van der Waals surface area contributed by atoms with E-state index in [1.807, 2.05) is 0 Å². The Morgan fingerprint density at radius 1 is 1.39 bits per heavy atom. The number of methoxy groups -OCH3 is 2. The first-order chi connectivity index (χ1) is 8.29. The maximum atomic E-state index is 11.9. The zero-order chi connectivity index (χ0) is 14.1. The number of allylic oxidation sites excluding steroid dienone is 1. The zero-order valence-corrected chi connectivity index (χ0v) is 12.7. The molecule has 6 nitrogen and oxygen atoms in total. The predicted molar refractivity (Wildman–Crippen MR) is 67.4 cm³/mol. The lowest BCUT2D eigenvalue weighted by Gasteiger charge is -2.31. The zero-order valence-electron chi connectivity index (χ0n) is 9.53. The smallest absolute Gasteiger partial charge is 0.330 e. The molecule has 8 heteroatoms. The van der Waals surface area contributed by atoms with Gasteiger partial charge in [-0.2, -0.15) is 0 Å². The molecule has 2 atom stereocenters. The summed E-state index contributed by atoms with van der Waals surface area (Å²) >= 11 is 5.91. The van der Waals surface area contributed by atoms with Crippen LogP contribution >= 0.6 is 31.9 Å². The molecule has 0 bridgehead atoms. The van der Waals surface area contributed by atoms with Crippen LogP contribution in [-0.4, -0.2) is 41.4 Å². The summed E-state index contributed by atoms with van der Waals surface area (Å²) in [5.74, 6) is -4.06. The molecule has 0 saturated heterocycles. The van der Waals surface area contributed by atoms with E-state index >= 15 is 0 Å². The summed E-state index contributed by atoms with van der Waals surface area (Å²) in [7, 11) is 2.28. The molecule has 0 amide bonds. The van der Waals surface area contributed by atoms with Gasteiger partial charge < -0.3 is 14.6 Å². The lowest BCUT2D eigenvalue weighted by Crippen LogP contribution is -2.48. The first-order valence-electron chi connectivity index (χ1n) is 4.78. The molecule has 0 aliphatic heterocycles. The standard InChI is InChI=1S/C10H10Br2O6/c1-17-8(15)4-3-10(12,9(16)18-2)7(14)6(13)5(4)11/h4,13H,3H2,1-2H3/t4-,10+/m0/s1. The molecule has 1 N–H and O–H groups in total. The molecule has 0 aromatic carbocycles. The molecule has 0 aromatic rings. The second-order valence-electron chi connectivity index (χ2n) is 3.60. The fourth-order valence-corrected chi connectivity index (χ4v) is 2.79. The molecule has 0 heterocycles. The number of halogens is 2. The van der Waals surface area contributed by atoms with E-state index in [-0.39, 0.29) is 10.9 Å². The lowest BCUT2D eigenvalue weighted by atomic mass is 9.84. The Morgan fingerprint density at radius 3 is 2.39 bits per heavy atom. The van der Waals surface area contributed by atoms with Crippen LogP contribution in [0.1, 0.15) is 6.42 Å². The van der Waals surface area contributed by atoms with Gasteiger partial charge in [-0.05, 0) is 6.42 Å². The predicted octanol–water partition coefficient (Wildman–Crippen LogP) is 1.22. The summed E-state index contributed by atoms with van der Waals surface area (Å²) in [6, 6.07) is 0. The third-order valence-corrected chi connectivity index (χ3v) is 4.52. The molecule has 0 spiro atoms. The van der Waals surface area contributed by atoms with Crippen LogP contribution in [0.15, 0.2) is 10.2 Å². The Kier molecular flexibility index (Phi) is 4.55. The van der Waals surface area contributed by atoms with E-state index in [1.54, 1.807) is 0 Å². The summed E-state index contributed by atoms with van der Waals surface area (Å²) in [6.45, 7) is 0. The number of hydrogen-bond acceptors (Lipinski definition) is 6. The van der Waals surface area contributed by atoms with E-state index in [4.69, 9.17) is 0 Å². The van der Waals surface area contributed by atoms with Crippen molar-refractivity contribution in [3.8, 4) is 0 Å². The molecule has 0 saturated carbocycles. The van der Waals surface area contributed by atoms with Crippen LogP contribution in [0.25, 0.3) is 0 Å². The van der Waals surface area contributed by atoms with Crippen LogP contribution in [0.2, 0.25) is 0 Å². The molecule has 0 unspecified atom stereocenters.